The Balaban J connectivity index is 2.85. The van der Waals surface area contributed by atoms with Gasteiger partial charge in [0.1, 0.15) is 0 Å². The molecule has 0 aromatic heterocycles. The van der Waals surface area contributed by atoms with Gasteiger partial charge in [0, 0.05) is 6.54 Å². The first kappa shape index (κ1) is 13.0. The van der Waals surface area contributed by atoms with Crippen LogP contribution in [0.15, 0.2) is 12.1 Å². The predicted molar refractivity (Wildman–Crippen MR) is 59.5 cm³/mol. The van der Waals surface area contributed by atoms with Gasteiger partial charge >= 0.3 is 0 Å². The third kappa shape index (κ3) is 2.98. The smallest absolute Gasteiger partial charge is 0.189 e. The molecule has 0 fully saturated rings. The topological polar surface area (TPSA) is 61.7 Å². The molecule has 0 heterocycles. The molecule has 90 valence electrons. The van der Waals surface area contributed by atoms with E-state index in [2.05, 4.69) is 5.32 Å². The maximum atomic E-state index is 13.7. The van der Waals surface area contributed by atoms with E-state index < -0.39 is 18.5 Å². The van der Waals surface area contributed by atoms with E-state index >= 15 is 0 Å². The Kier molecular flexibility index (Phi) is 4.79. The van der Waals surface area contributed by atoms with Crippen LogP contribution < -0.4 is 10.1 Å². The van der Waals surface area contributed by atoms with Crippen LogP contribution in [-0.2, 0) is 0 Å². The second-order valence-corrected chi connectivity index (χ2v) is 3.56. The standard InChI is InChI=1S/C10H13ClFNO3/c1-16-8-3-2-7(11)10(9(8)12)13-4-6(15)5-14/h2-3,6,13-15H,4-5H2,1H3. The fourth-order valence-electron chi connectivity index (χ4n) is 1.14. The van der Waals surface area contributed by atoms with E-state index in [1.54, 1.807) is 0 Å². The molecule has 3 N–H and O–H groups in total. The van der Waals surface area contributed by atoms with Gasteiger partial charge in [-0.05, 0) is 12.1 Å². The second-order valence-electron chi connectivity index (χ2n) is 3.16. The molecular weight excluding hydrogens is 237 g/mol. The number of rotatable bonds is 5. The number of nitrogens with one attached hydrogen (secondary N) is 1. The van der Waals surface area contributed by atoms with Crippen LogP contribution in [-0.4, -0.2) is 36.6 Å². The van der Waals surface area contributed by atoms with Crippen molar-refractivity contribution >= 4 is 17.3 Å². The van der Waals surface area contributed by atoms with Crippen molar-refractivity contribution in [3.05, 3.63) is 23.0 Å². The summed E-state index contributed by atoms with van der Waals surface area (Å²) in [5.41, 5.74) is 0.0496. The third-order valence-corrected chi connectivity index (χ3v) is 2.32. The Morgan fingerprint density at radius 1 is 1.56 bits per heavy atom. The zero-order valence-electron chi connectivity index (χ0n) is 8.70. The van der Waals surface area contributed by atoms with Crippen LogP contribution in [0.3, 0.4) is 0 Å². The number of methoxy groups -OCH3 is 1. The fourth-order valence-corrected chi connectivity index (χ4v) is 1.35. The Bertz CT molecular complexity index is 362. The first-order valence-electron chi connectivity index (χ1n) is 4.65. The molecule has 0 aliphatic carbocycles. The number of aliphatic hydroxyl groups is 2. The molecule has 0 aliphatic heterocycles. The van der Waals surface area contributed by atoms with Crippen LogP contribution in [0.5, 0.6) is 5.75 Å². The zero-order chi connectivity index (χ0) is 12.1. The van der Waals surface area contributed by atoms with Crippen LogP contribution in [0, 0.1) is 5.82 Å². The molecule has 1 aromatic carbocycles. The average molecular weight is 250 g/mol. The Labute approximate surface area is 97.6 Å². The molecule has 0 aliphatic rings. The number of hydrogen-bond acceptors (Lipinski definition) is 4. The van der Waals surface area contributed by atoms with Gasteiger partial charge in [0.15, 0.2) is 11.6 Å². The maximum Gasteiger partial charge on any atom is 0.189 e. The molecule has 1 aromatic rings. The highest BCUT2D eigenvalue weighted by Crippen LogP contribution is 2.31. The van der Waals surface area contributed by atoms with Crippen molar-refractivity contribution in [2.24, 2.45) is 0 Å². The molecule has 0 spiro atoms. The summed E-state index contributed by atoms with van der Waals surface area (Å²) in [7, 11) is 1.35. The van der Waals surface area contributed by atoms with E-state index in [0.29, 0.717) is 0 Å². The van der Waals surface area contributed by atoms with E-state index in [4.69, 9.17) is 26.6 Å². The van der Waals surface area contributed by atoms with Crippen LogP contribution in [0.25, 0.3) is 0 Å². The molecule has 0 saturated carbocycles. The lowest BCUT2D eigenvalue weighted by molar-refractivity contribution is 0.105. The molecule has 6 heteroatoms. The minimum absolute atomic E-state index is 0.000305. The van der Waals surface area contributed by atoms with E-state index in [-0.39, 0.29) is 23.0 Å². The number of ether oxygens (including phenoxy) is 1. The van der Waals surface area contributed by atoms with Crippen LogP contribution in [0.2, 0.25) is 5.02 Å². The van der Waals surface area contributed by atoms with Gasteiger partial charge in [0.2, 0.25) is 0 Å². The van der Waals surface area contributed by atoms with Gasteiger partial charge in [0.25, 0.3) is 0 Å². The summed E-state index contributed by atoms with van der Waals surface area (Å²) in [5.74, 6) is -0.564. The lowest BCUT2D eigenvalue weighted by Gasteiger charge is -2.13. The number of hydrogen-bond donors (Lipinski definition) is 3. The molecule has 0 bridgehead atoms. The first-order valence-corrected chi connectivity index (χ1v) is 5.02. The second kappa shape index (κ2) is 5.89. The van der Waals surface area contributed by atoms with E-state index in [1.165, 1.54) is 19.2 Å². The van der Waals surface area contributed by atoms with Gasteiger partial charge < -0.3 is 20.3 Å². The molecular formula is C10H13ClFNO3. The molecule has 1 unspecified atom stereocenters. The van der Waals surface area contributed by atoms with Crippen LogP contribution in [0.1, 0.15) is 0 Å². The highest BCUT2D eigenvalue weighted by Gasteiger charge is 2.13. The summed E-state index contributed by atoms with van der Waals surface area (Å²) in [6.07, 6.45) is -0.971. The van der Waals surface area contributed by atoms with Crippen molar-refractivity contribution in [1.82, 2.24) is 0 Å². The van der Waals surface area contributed by atoms with Gasteiger partial charge in [-0.15, -0.1) is 0 Å². The van der Waals surface area contributed by atoms with E-state index in [1.807, 2.05) is 0 Å². The average Bonchev–Trinajstić information content (AvgIpc) is 2.28. The monoisotopic (exact) mass is 249 g/mol. The molecule has 1 atom stereocenters. The summed E-state index contributed by atoms with van der Waals surface area (Å²) >= 11 is 5.78. The highest BCUT2D eigenvalue weighted by molar-refractivity contribution is 6.33. The van der Waals surface area contributed by atoms with Gasteiger partial charge in [-0.2, -0.15) is 0 Å². The molecule has 0 saturated heterocycles. The number of aliphatic hydroxyl groups excluding tert-OH is 2. The van der Waals surface area contributed by atoms with Crippen molar-refractivity contribution in [1.29, 1.82) is 0 Å². The predicted octanol–water partition coefficient (Wildman–Crippen LogP) is 1.25. The van der Waals surface area contributed by atoms with Crippen LogP contribution in [0.4, 0.5) is 10.1 Å². The van der Waals surface area contributed by atoms with E-state index in [9.17, 15) is 4.39 Å². The number of halogens is 2. The van der Waals surface area contributed by atoms with Crippen molar-refractivity contribution in [3.8, 4) is 5.75 Å². The highest BCUT2D eigenvalue weighted by atomic mass is 35.5. The fraction of sp³-hybridized carbons (Fsp3) is 0.400. The summed E-state index contributed by atoms with van der Waals surface area (Å²) in [6.45, 7) is -0.406. The molecule has 1 rings (SSSR count). The lowest BCUT2D eigenvalue weighted by Crippen LogP contribution is -2.23. The number of benzene rings is 1. The largest absolute Gasteiger partial charge is 0.494 e. The molecule has 16 heavy (non-hydrogen) atoms. The summed E-state index contributed by atoms with van der Waals surface area (Å²) in [6, 6.07) is 2.89. The van der Waals surface area contributed by atoms with Crippen LogP contribution >= 0.6 is 11.6 Å². The summed E-state index contributed by atoms with van der Waals surface area (Å²) in [4.78, 5) is 0. The number of anilines is 1. The normalized spacial score (nSPS) is 12.3. The van der Waals surface area contributed by atoms with Crippen molar-refractivity contribution < 1.29 is 19.3 Å². The Morgan fingerprint density at radius 2 is 2.25 bits per heavy atom. The van der Waals surface area contributed by atoms with Gasteiger partial charge in [-0.1, -0.05) is 11.6 Å². The Morgan fingerprint density at radius 3 is 2.81 bits per heavy atom. The van der Waals surface area contributed by atoms with Gasteiger partial charge in [-0.3, -0.25) is 0 Å². The maximum absolute atomic E-state index is 13.7. The zero-order valence-corrected chi connectivity index (χ0v) is 9.46. The molecule has 0 radical (unpaired) electrons. The third-order valence-electron chi connectivity index (χ3n) is 2.00. The van der Waals surface area contributed by atoms with Crippen molar-refractivity contribution in [2.75, 3.05) is 25.6 Å². The summed E-state index contributed by atoms with van der Waals surface area (Å²) < 4.78 is 18.5. The van der Waals surface area contributed by atoms with Gasteiger partial charge in [-0.25, -0.2) is 4.39 Å². The van der Waals surface area contributed by atoms with Gasteiger partial charge in [0.05, 0.1) is 30.5 Å². The van der Waals surface area contributed by atoms with Crippen molar-refractivity contribution in [2.45, 2.75) is 6.10 Å². The van der Waals surface area contributed by atoms with E-state index in [0.717, 1.165) is 0 Å². The minimum atomic E-state index is -0.971. The summed E-state index contributed by atoms with van der Waals surface area (Å²) in [5, 5.41) is 20.5. The molecule has 0 amide bonds. The minimum Gasteiger partial charge on any atom is -0.494 e. The lowest BCUT2D eigenvalue weighted by atomic mass is 10.2. The molecule has 4 nitrogen and oxygen atoms in total. The first-order chi connectivity index (χ1) is 7.60. The van der Waals surface area contributed by atoms with Crippen molar-refractivity contribution in [3.63, 3.8) is 0 Å². The SMILES string of the molecule is COc1ccc(Cl)c(NCC(O)CO)c1F. The quantitative estimate of drug-likeness (QED) is 0.735. The Hall–Kier alpha value is -1.04.